The Labute approximate surface area is 204 Å². The van der Waals surface area contributed by atoms with Crippen LogP contribution in [0.5, 0.6) is 11.6 Å². The van der Waals surface area contributed by atoms with E-state index < -0.39 is 0 Å². The maximum atomic E-state index is 12.3. The topological polar surface area (TPSA) is 81.5 Å². The summed E-state index contributed by atoms with van der Waals surface area (Å²) in [4.78, 5) is 23.1. The van der Waals surface area contributed by atoms with E-state index >= 15 is 0 Å². The largest absolute Gasteiger partial charge is 0.494 e. The van der Waals surface area contributed by atoms with Gasteiger partial charge in [-0.1, -0.05) is 30.3 Å². The number of nitrogens with zero attached hydrogens (tertiary/aromatic N) is 4. The van der Waals surface area contributed by atoms with Crippen molar-refractivity contribution >= 4 is 17.4 Å². The Morgan fingerprint density at radius 3 is 2.69 bits per heavy atom. The van der Waals surface area contributed by atoms with Crippen LogP contribution in [0, 0.1) is 6.92 Å². The summed E-state index contributed by atoms with van der Waals surface area (Å²) in [7, 11) is 1.64. The van der Waals surface area contributed by atoms with Crippen molar-refractivity contribution in [1.82, 2.24) is 19.4 Å². The molecule has 2 aromatic carbocycles. The fraction of sp³-hybridized carbons (Fsp3) is 0.222. The molecule has 178 valence electrons. The molecule has 3 heterocycles. The van der Waals surface area contributed by atoms with Gasteiger partial charge in [0.05, 0.1) is 37.9 Å². The van der Waals surface area contributed by atoms with Crippen LogP contribution >= 0.6 is 0 Å². The van der Waals surface area contributed by atoms with Gasteiger partial charge in [0.2, 0.25) is 11.8 Å². The highest BCUT2D eigenvalue weighted by molar-refractivity contribution is 5.73. The average Bonchev–Trinajstić information content (AvgIpc) is 3.20. The summed E-state index contributed by atoms with van der Waals surface area (Å²) < 4.78 is 13.9. The van der Waals surface area contributed by atoms with Crippen LogP contribution in [0.3, 0.4) is 0 Å². The lowest BCUT2D eigenvalue weighted by atomic mass is 10.1. The summed E-state index contributed by atoms with van der Waals surface area (Å²) in [6, 6.07) is 19.6. The number of aromatic nitrogens is 3. The zero-order chi connectivity index (χ0) is 24.4. The molecule has 2 aromatic heterocycles. The molecule has 5 rings (SSSR count). The second kappa shape index (κ2) is 9.50. The van der Waals surface area contributed by atoms with E-state index in [1.54, 1.807) is 25.3 Å². The SMILES string of the molecule is COc1cc(Nc2ccc3c(n2)O[C@H](c2ccccc2)CN(C(C)=O)C3)ccc1-n1cnc(C)c1. The minimum atomic E-state index is -0.304. The summed E-state index contributed by atoms with van der Waals surface area (Å²) in [5.74, 6) is 1.87. The first-order valence-corrected chi connectivity index (χ1v) is 11.4. The molecular formula is C27H27N5O3. The number of carbonyl (C=O) groups excluding carboxylic acids is 1. The Morgan fingerprint density at radius 2 is 1.97 bits per heavy atom. The molecule has 0 spiro atoms. The number of fused-ring (bicyclic) bond motifs is 1. The number of ether oxygens (including phenoxy) is 2. The molecule has 35 heavy (non-hydrogen) atoms. The Balaban J connectivity index is 1.43. The van der Waals surface area contributed by atoms with Gasteiger partial charge in [-0.2, -0.15) is 4.98 Å². The summed E-state index contributed by atoms with van der Waals surface area (Å²) in [6.07, 6.45) is 3.41. The van der Waals surface area contributed by atoms with Crippen LogP contribution in [0.25, 0.3) is 5.69 Å². The molecule has 1 amide bonds. The zero-order valence-electron chi connectivity index (χ0n) is 19.9. The standard InChI is InChI=1S/C27H27N5O3/c1-18-14-32(17-28-18)23-11-10-22(13-24(23)34-3)29-26-12-9-21-15-31(19(2)33)16-25(35-27(21)30-26)20-7-5-4-6-8-20/h4-14,17,25H,15-16H2,1-3H3,(H,29,30)/t25-/m0/s1. The maximum Gasteiger partial charge on any atom is 0.221 e. The summed E-state index contributed by atoms with van der Waals surface area (Å²) in [6.45, 7) is 4.44. The lowest BCUT2D eigenvalue weighted by molar-refractivity contribution is -0.130. The summed E-state index contributed by atoms with van der Waals surface area (Å²) in [5.41, 5.74) is 4.52. The Hall–Kier alpha value is -4.33. The van der Waals surface area contributed by atoms with Crippen molar-refractivity contribution in [2.75, 3.05) is 19.0 Å². The van der Waals surface area contributed by atoms with Gasteiger partial charge in [0.1, 0.15) is 17.7 Å². The zero-order valence-corrected chi connectivity index (χ0v) is 19.9. The highest BCUT2D eigenvalue weighted by atomic mass is 16.5. The predicted octanol–water partition coefficient (Wildman–Crippen LogP) is 4.81. The van der Waals surface area contributed by atoms with Crippen molar-refractivity contribution < 1.29 is 14.3 Å². The van der Waals surface area contributed by atoms with E-state index in [2.05, 4.69) is 10.3 Å². The van der Waals surface area contributed by atoms with Crippen LogP contribution in [0.2, 0.25) is 0 Å². The first-order chi connectivity index (χ1) is 17.0. The Bertz CT molecular complexity index is 1350. The third kappa shape index (κ3) is 4.82. The van der Waals surface area contributed by atoms with Crippen molar-refractivity contribution in [2.24, 2.45) is 0 Å². The second-order valence-electron chi connectivity index (χ2n) is 8.51. The molecule has 0 saturated heterocycles. The lowest BCUT2D eigenvalue weighted by Gasteiger charge is -2.22. The molecule has 0 bridgehead atoms. The fourth-order valence-corrected chi connectivity index (χ4v) is 4.15. The number of imidazole rings is 1. The van der Waals surface area contributed by atoms with Crippen LogP contribution in [0.1, 0.15) is 29.8 Å². The van der Waals surface area contributed by atoms with Gasteiger partial charge < -0.3 is 24.3 Å². The van der Waals surface area contributed by atoms with Crippen molar-refractivity contribution in [3.63, 3.8) is 0 Å². The van der Waals surface area contributed by atoms with Crippen LogP contribution in [-0.4, -0.2) is 39.0 Å². The minimum absolute atomic E-state index is 0.00449. The van der Waals surface area contributed by atoms with Crippen LogP contribution in [-0.2, 0) is 11.3 Å². The summed E-state index contributed by atoms with van der Waals surface area (Å²) in [5, 5.41) is 3.35. The van der Waals surface area contributed by atoms with Gasteiger partial charge in [-0.05, 0) is 36.8 Å². The molecule has 1 aliphatic heterocycles. The van der Waals surface area contributed by atoms with Gasteiger partial charge in [0.15, 0.2) is 0 Å². The number of rotatable bonds is 5. The van der Waals surface area contributed by atoms with Gasteiger partial charge in [0, 0.05) is 30.4 Å². The number of anilines is 2. The molecule has 0 radical (unpaired) electrons. The number of nitrogens with one attached hydrogen (secondary N) is 1. The number of hydrogen-bond donors (Lipinski definition) is 1. The first kappa shape index (κ1) is 22.5. The average molecular weight is 470 g/mol. The van der Waals surface area contributed by atoms with E-state index in [9.17, 15) is 4.79 Å². The lowest BCUT2D eigenvalue weighted by Crippen LogP contribution is -2.32. The van der Waals surface area contributed by atoms with Crippen molar-refractivity contribution in [3.8, 4) is 17.3 Å². The number of amides is 1. The highest BCUT2D eigenvalue weighted by Gasteiger charge is 2.27. The van der Waals surface area contributed by atoms with Crippen molar-refractivity contribution in [1.29, 1.82) is 0 Å². The van der Waals surface area contributed by atoms with Gasteiger partial charge in [-0.3, -0.25) is 4.79 Å². The monoisotopic (exact) mass is 469 g/mol. The number of methoxy groups -OCH3 is 1. The fourth-order valence-electron chi connectivity index (χ4n) is 4.15. The van der Waals surface area contributed by atoms with Gasteiger partial charge in [0.25, 0.3) is 0 Å². The van der Waals surface area contributed by atoms with Crippen molar-refractivity contribution in [2.45, 2.75) is 26.5 Å². The predicted molar refractivity (Wildman–Crippen MR) is 133 cm³/mol. The maximum absolute atomic E-state index is 12.3. The Morgan fingerprint density at radius 1 is 1.14 bits per heavy atom. The van der Waals surface area contributed by atoms with E-state index in [-0.39, 0.29) is 12.0 Å². The molecule has 8 heteroatoms. The normalized spacial score (nSPS) is 15.1. The van der Waals surface area contributed by atoms with E-state index in [0.29, 0.717) is 30.5 Å². The minimum Gasteiger partial charge on any atom is -0.494 e. The molecular weight excluding hydrogens is 442 g/mol. The van der Waals surface area contributed by atoms with E-state index in [4.69, 9.17) is 14.5 Å². The van der Waals surface area contributed by atoms with Gasteiger partial charge in [-0.25, -0.2) is 4.98 Å². The number of benzene rings is 2. The second-order valence-corrected chi connectivity index (χ2v) is 8.51. The molecule has 0 saturated carbocycles. The quantitative estimate of drug-likeness (QED) is 0.452. The number of hydrogen-bond acceptors (Lipinski definition) is 6. The molecule has 0 unspecified atom stereocenters. The highest BCUT2D eigenvalue weighted by Crippen LogP contribution is 2.33. The third-order valence-corrected chi connectivity index (χ3v) is 6.00. The molecule has 1 N–H and O–H groups in total. The van der Waals surface area contributed by atoms with E-state index in [0.717, 1.165) is 28.2 Å². The van der Waals surface area contributed by atoms with Gasteiger partial charge in [-0.15, -0.1) is 0 Å². The molecule has 1 aliphatic rings. The Kier molecular flexibility index (Phi) is 6.10. The van der Waals surface area contributed by atoms with Crippen LogP contribution < -0.4 is 14.8 Å². The number of aryl methyl sites for hydroxylation is 1. The molecule has 4 aromatic rings. The molecule has 0 aliphatic carbocycles. The summed E-state index contributed by atoms with van der Waals surface area (Å²) >= 11 is 0. The molecule has 1 atom stereocenters. The number of pyridine rings is 1. The van der Waals surface area contributed by atoms with Crippen LogP contribution in [0.15, 0.2) is 73.2 Å². The van der Waals surface area contributed by atoms with E-state index in [1.807, 2.05) is 78.4 Å². The molecule has 0 fully saturated rings. The smallest absolute Gasteiger partial charge is 0.221 e. The van der Waals surface area contributed by atoms with Crippen molar-refractivity contribution in [3.05, 3.63) is 90.0 Å². The van der Waals surface area contributed by atoms with Gasteiger partial charge >= 0.3 is 0 Å². The molecule has 8 nitrogen and oxygen atoms in total. The van der Waals surface area contributed by atoms with Crippen LogP contribution in [0.4, 0.5) is 11.5 Å². The first-order valence-electron chi connectivity index (χ1n) is 11.4. The number of carbonyl (C=O) groups is 1. The van der Waals surface area contributed by atoms with E-state index in [1.165, 1.54) is 0 Å². The third-order valence-electron chi connectivity index (χ3n) is 6.00.